The van der Waals surface area contributed by atoms with Crippen molar-refractivity contribution in [3.63, 3.8) is 0 Å². The normalized spacial score (nSPS) is 10.6. The molecule has 0 radical (unpaired) electrons. The van der Waals surface area contributed by atoms with Gasteiger partial charge in [0.15, 0.2) is 0 Å². The molecule has 2 aromatic carbocycles. The molecule has 0 bridgehead atoms. The molecule has 0 heterocycles. The van der Waals surface area contributed by atoms with Gasteiger partial charge in [0, 0.05) is 0 Å². The minimum absolute atomic E-state index is 1.06. The predicted molar refractivity (Wildman–Crippen MR) is 79.2 cm³/mol. The van der Waals surface area contributed by atoms with Crippen molar-refractivity contribution in [1.82, 2.24) is 0 Å². The third-order valence-corrected chi connectivity index (χ3v) is 3.56. The first-order valence-corrected chi connectivity index (χ1v) is 6.89. The maximum atomic E-state index is 2.34. The minimum Gasteiger partial charge on any atom is -0.0622 e. The summed E-state index contributed by atoms with van der Waals surface area (Å²) in [6, 6.07) is 15.5. The molecule has 0 saturated carbocycles. The van der Waals surface area contributed by atoms with E-state index in [0.29, 0.717) is 0 Å². The Hall–Kier alpha value is -1.56. The fraction of sp³-hybridized carbons (Fsp3) is 0.333. The fourth-order valence-corrected chi connectivity index (χ4v) is 2.63. The first-order chi connectivity index (χ1) is 8.74. The molecule has 0 aliphatic rings. The largest absolute Gasteiger partial charge is 0.0622 e. The van der Waals surface area contributed by atoms with E-state index in [1.165, 1.54) is 27.8 Å². The molecule has 0 N–H and O–H groups in total. The quantitative estimate of drug-likeness (QED) is 0.723. The Balaban J connectivity index is 2.42. The van der Waals surface area contributed by atoms with Crippen molar-refractivity contribution in [2.75, 3.05) is 0 Å². The van der Waals surface area contributed by atoms with Gasteiger partial charge in [-0.05, 0) is 48.4 Å². The van der Waals surface area contributed by atoms with Crippen molar-refractivity contribution in [2.24, 2.45) is 0 Å². The minimum atomic E-state index is 1.06. The first-order valence-electron chi connectivity index (χ1n) is 6.89. The molecule has 0 amide bonds. The molecule has 0 aliphatic heterocycles. The molecule has 0 heteroatoms. The summed E-state index contributed by atoms with van der Waals surface area (Å²) in [5.41, 5.74) is 7.36. The summed E-state index contributed by atoms with van der Waals surface area (Å²) >= 11 is 0. The summed E-state index contributed by atoms with van der Waals surface area (Å²) in [6.45, 7) is 6.70. The van der Waals surface area contributed by atoms with E-state index in [4.69, 9.17) is 0 Å². The smallest absolute Gasteiger partial charge is 0.00203 e. The van der Waals surface area contributed by atoms with Crippen LogP contribution in [0.15, 0.2) is 42.5 Å². The van der Waals surface area contributed by atoms with E-state index in [9.17, 15) is 0 Å². The van der Waals surface area contributed by atoms with Gasteiger partial charge in [-0.1, -0.05) is 61.9 Å². The van der Waals surface area contributed by atoms with E-state index in [-0.39, 0.29) is 0 Å². The second kappa shape index (κ2) is 5.86. The Labute approximate surface area is 111 Å². The lowest BCUT2D eigenvalue weighted by Gasteiger charge is -2.15. The Bertz CT molecular complexity index is 484. The van der Waals surface area contributed by atoms with Gasteiger partial charge in [-0.3, -0.25) is 0 Å². The summed E-state index contributed by atoms with van der Waals surface area (Å²) in [6.07, 6.45) is 3.31. The van der Waals surface area contributed by atoms with Gasteiger partial charge in [0.1, 0.15) is 0 Å². The Kier molecular flexibility index (Phi) is 4.19. The summed E-state index contributed by atoms with van der Waals surface area (Å²) in [7, 11) is 0. The van der Waals surface area contributed by atoms with Crippen molar-refractivity contribution >= 4 is 0 Å². The number of benzene rings is 2. The highest BCUT2D eigenvalue weighted by Crippen LogP contribution is 2.22. The molecular formula is C18H22. The maximum absolute atomic E-state index is 2.34. The molecule has 0 unspecified atom stereocenters. The van der Waals surface area contributed by atoms with E-state index in [2.05, 4.69) is 63.2 Å². The third kappa shape index (κ3) is 2.81. The second-order valence-corrected chi connectivity index (χ2v) is 4.93. The molecular weight excluding hydrogens is 216 g/mol. The molecule has 18 heavy (non-hydrogen) atoms. The molecule has 94 valence electrons. The van der Waals surface area contributed by atoms with Gasteiger partial charge in [-0.25, -0.2) is 0 Å². The molecule has 2 aromatic rings. The van der Waals surface area contributed by atoms with Gasteiger partial charge in [0.2, 0.25) is 0 Å². The zero-order valence-electron chi connectivity index (χ0n) is 11.7. The van der Waals surface area contributed by atoms with Crippen molar-refractivity contribution < 1.29 is 0 Å². The van der Waals surface area contributed by atoms with Crippen molar-refractivity contribution in [2.45, 2.75) is 40.0 Å². The van der Waals surface area contributed by atoms with Crippen LogP contribution in [0, 0.1) is 6.92 Å². The highest BCUT2D eigenvalue weighted by Gasteiger charge is 2.08. The monoisotopic (exact) mass is 238 g/mol. The Morgan fingerprint density at radius 3 is 1.89 bits per heavy atom. The number of hydrogen-bond donors (Lipinski definition) is 0. The van der Waals surface area contributed by atoms with Gasteiger partial charge in [-0.2, -0.15) is 0 Å². The van der Waals surface area contributed by atoms with Gasteiger partial charge in [0.05, 0.1) is 0 Å². The van der Waals surface area contributed by atoms with Crippen LogP contribution in [0.5, 0.6) is 0 Å². The Morgan fingerprint density at radius 1 is 0.833 bits per heavy atom. The van der Waals surface area contributed by atoms with Gasteiger partial charge < -0.3 is 0 Å². The molecule has 0 fully saturated rings. The number of aryl methyl sites for hydroxylation is 3. The molecule has 0 nitrogen and oxygen atoms in total. The summed E-state index contributed by atoms with van der Waals surface area (Å²) in [5, 5.41) is 0. The molecule has 0 saturated heterocycles. The lowest BCUT2D eigenvalue weighted by molar-refractivity contribution is 0.994. The van der Waals surface area contributed by atoms with Crippen molar-refractivity contribution in [3.05, 3.63) is 70.3 Å². The molecule has 0 aromatic heterocycles. The summed E-state index contributed by atoms with van der Waals surface area (Å²) in [5.74, 6) is 0. The van der Waals surface area contributed by atoms with E-state index in [1.807, 2.05) is 0 Å². The van der Waals surface area contributed by atoms with E-state index < -0.39 is 0 Å². The Morgan fingerprint density at radius 2 is 1.39 bits per heavy atom. The SMILES string of the molecule is CCc1cc(C)cc(CC)c1Cc1ccccc1. The lowest BCUT2D eigenvalue weighted by Crippen LogP contribution is -2.01. The average Bonchev–Trinajstić information content (AvgIpc) is 2.41. The molecule has 2 rings (SSSR count). The van der Waals surface area contributed by atoms with Crippen LogP contribution >= 0.6 is 0 Å². The van der Waals surface area contributed by atoms with Crippen molar-refractivity contribution in [3.8, 4) is 0 Å². The topological polar surface area (TPSA) is 0 Å². The molecule has 0 aliphatic carbocycles. The highest BCUT2D eigenvalue weighted by atomic mass is 14.1. The fourth-order valence-electron chi connectivity index (χ4n) is 2.63. The van der Waals surface area contributed by atoms with Crippen LogP contribution in [0.3, 0.4) is 0 Å². The summed E-state index contributed by atoms with van der Waals surface area (Å²) < 4.78 is 0. The van der Waals surface area contributed by atoms with Crippen LogP contribution in [0.2, 0.25) is 0 Å². The molecule has 0 spiro atoms. The second-order valence-electron chi connectivity index (χ2n) is 4.93. The lowest BCUT2D eigenvalue weighted by atomic mass is 9.90. The zero-order chi connectivity index (χ0) is 13.0. The van der Waals surface area contributed by atoms with E-state index >= 15 is 0 Å². The standard InChI is InChI=1S/C18H22/c1-4-16-11-14(3)12-17(5-2)18(16)13-15-9-7-6-8-10-15/h6-12H,4-5,13H2,1-3H3. The van der Waals surface area contributed by atoms with Gasteiger partial charge in [0.25, 0.3) is 0 Å². The van der Waals surface area contributed by atoms with Gasteiger partial charge in [-0.15, -0.1) is 0 Å². The van der Waals surface area contributed by atoms with Crippen molar-refractivity contribution in [1.29, 1.82) is 0 Å². The predicted octanol–water partition coefficient (Wildman–Crippen LogP) is 4.71. The van der Waals surface area contributed by atoms with Crippen LogP contribution in [-0.4, -0.2) is 0 Å². The summed E-state index contributed by atoms with van der Waals surface area (Å²) in [4.78, 5) is 0. The van der Waals surface area contributed by atoms with E-state index in [0.717, 1.165) is 19.3 Å². The zero-order valence-corrected chi connectivity index (χ0v) is 11.7. The van der Waals surface area contributed by atoms with E-state index in [1.54, 1.807) is 0 Å². The van der Waals surface area contributed by atoms with Crippen LogP contribution < -0.4 is 0 Å². The van der Waals surface area contributed by atoms with Crippen LogP contribution in [0.25, 0.3) is 0 Å². The van der Waals surface area contributed by atoms with Crippen LogP contribution in [-0.2, 0) is 19.3 Å². The van der Waals surface area contributed by atoms with Crippen LogP contribution in [0.4, 0.5) is 0 Å². The number of hydrogen-bond acceptors (Lipinski definition) is 0. The average molecular weight is 238 g/mol. The maximum Gasteiger partial charge on any atom is -0.00203 e. The number of rotatable bonds is 4. The highest BCUT2D eigenvalue weighted by molar-refractivity contribution is 5.42. The first kappa shape index (κ1) is 12.9. The molecule has 0 atom stereocenters. The third-order valence-electron chi connectivity index (χ3n) is 3.56. The van der Waals surface area contributed by atoms with Gasteiger partial charge >= 0.3 is 0 Å². The van der Waals surface area contributed by atoms with Crippen LogP contribution in [0.1, 0.15) is 41.7 Å².